The van der Waals surface area contributed by atoms with Crippen LogP contribution in [0.5, 0.6) is 0 Å². The summed E-state index contributed by atoms with van der Waals surface area (Å²) < 4.78 is 2.00. The third-order valence-electron chi connectivity index (χ3n) is 5.67. The van der Waals surface area contributed by atoms with Crippen LogP contribution in [0, 0.1) is 11.3 Å². The highest BCUT2D eigenvalue weighted by Crippen LogP contribution is 2.26. The second-order valence-corrected chi connectivity index (χ2v) is 7.84. The number of carbonyl (C=O) groups excluding carboxylic acids is 1. The van der Waals surface area contributed by atoms with Crippen LogP contribution in [0.2, 0.25) is 0 Å². The molecule has 2 heterocycles. The molecule has 0 spiro atoms. The summed E-state index contributed by atoms with van der Waals surface area (Å²) in [6.07, 6.45) is 1.94. The summed E-state index contributed by atoms with van der Waals surface area (Å²) in [6, 6.07) is 31.1. The number of ketones is 1. The van der Waals surface area contributed by atoms with Crippen molar-refractivity contribution in [3.8, 4) is 6.07 Å². The first-order chi connectivity index (χ1) is 16.2. The molecule has 33 heavy (non-hydrogen) atoms. The van der Waals surface area contributed by atoms with Crippen molar-refractivity contribution in [2.24, 2.45) is 0 Å². The van der Waals surface area contributed by atoms with Crippen molar-refractivity contribution in [2.45, 2.75) is 0 Å². The predicted octanol–water partition coefficient (Wildman–Crippen LogP) is 5.72. The lowest BCUT2D eigenvalue weighted by Gasteiger charge is -2.11. The largest absolute Gasteiger partial charge is 0.383 e. The Kier molecular flexibility index (Phi) is 5.48. The average molecular weight is 431 g/mol. The third kappa shape index (κ3) is 4.15. The molecule has 0 radical (unpaired) electrons. The van der Waals surface area contributed by atoms with Crippen molar-refractivity contribution in [3.63, 3.8) is 0 Å². The van der Waals surface area contributed by atoms with E-state index in [4.69, 9.17) is 0 Å². The second-order valence-electron chi connectivity index (χ2n) is 7.84. The Morgan fingerprint density at radius 3 is 2.27 bits per heavy atom. The van der Waals surface area contributed by atoms with Crippen molar-refractivity contribution < 1.29 is 4.79 Å². The molecule has 2 aromatic heterocycles. The normalized spacial score (nSPS) is 10.8. The van der Waals surface area contributed by atoms with Crippen molar-refractivity contribution in [2.75, 3.05) is 23.7 Å². The van der Waals surface area contributed by atoms with Gasteiger partial charge in [0.2, 0.25) is 0 Å². The fourth-order valence-corrected chi connectivity index (χ4v) is 4.06. The maximum absolute atomic E-state index is 13.5. The molecule has 0 saturated heterocycles. The summed E-state index contributed by atoms with van der Waals surface area (Å²) in [6.45, 7) is 1.53. The Hall–Kier alpha value is -4.56. The smallest absolute Gasteiger partial charge is 0.195 e. The zero-order valence-electron chi connectivity index (χ0n) is 18.0. The zero-order valence-corrected chi connectivity index (χ0v) is 18.0. The van der Waals surface area contributed by atoms with Gasteiger partial charge < -0.3 is 15.0 Å². The van der Waals surface area contributed by atoms with Crippen LogP contribution < -0.4 is 10.6 Å². The van der Waals surface area contributed by atoms with Gasteiger partial charge in [0, 0.05) is 52.7 Å². The van der Waals surface area contributed by atoms with Gasteiger partial charge in [-0.05, 0) is 66.7 Å². The summed E-state index contributed by atoms with van der Waals surface area (Å²) in [7, 11) is 0. The van der Waals surface area contributed by atoms with Gasteiger partial charge in [0.1, 0.15) is 0 Å². The van der Waals surface area contributed by atoms with Gasteiger partial charge in [-0.2, -0.15) is 5.26 Å². The van der Waals surface area contributed by atoms with Gasteiger partial charge in [-0.1, -0.05) is 24.3 Å². The van der Waals surface area contributed by atoms with Gasteiger partial charge in [-0.3, -0.25) is 4.79 Å². The summed E-state index contributed by atoms with van der Waals surface area (Å²) in [5, 5.41) is 17.1. The van der Waals surface area contributed by atoms with Crippen LogP contribution in [-0.4, -0.2) is 23.3 Å². The number of nitrogens with zero attached hydrogens (tertiary/aromatic N) is 2. The average Bonchev–Trinajstić information content (AvgIpc) is 3.36. The van der Waals surface area contributed by atoms with E-state index in [1.54, 1.807) is 6.07 Å². The Balaban J connectivity index is 1.36. The minimum atomic E-state index is -0.101. The highest BCUT2D eigenvalue weighted by atomic mass is 16.1. The Morgan fingerprint density at radius 1 is 0.818 bits per heavy atom. The molecular weight excluding hydrogens is 408 g/mol. The van der Waals surface area contributed by atoms with E-state index in [0.717, 1.165) is 40.9 Å². The van der Waals surface area contributed by atoms with E-state index in [9.17, 15) is 10.1 Å². The maximum Gasteiger partial charge on any atom is 0.195 e. The Morgan fingerprint density at radius 2 is 1.55 bits per heavy atom. The number of nitriles is 1. The van der Waals surface area contributed by atoms with E-state index in [1.807, 2.05) is 95.5 Å². The van der Waals surface area contributed by atoms with Gasteiger partial charge in [0.25, 0.3) is 0 Å². The Labute approximate surface area is 191 Å². The molecule has 0 aliphatic carbocycles. The quantitative estimate of drug-likeness (QED) is 0.256. The summed E-state index contributed by atoms with van der Waals surface area (Å²) >= 11 is 0. The highest BCUT2D eigenvalue weighted by Gasteiger charge is 2.16. The maximum atomic E-state index is 13.5. The lowest BCUT2D eigenvalue weighted by molar-refractivity contribution is 0.104. The number of nitrogens with one attached hydrogen (secondary N) is 2. The van der Waals surface area contributed by atoms with Crippen LogP contribution in [-0.2, 0) is 0 Å². The monoisotopic (exact) mass is 430 g/mol. The third-order valence-corrected chi connectivity index (χ3v) is 5.67. The van der Waals surface area contributed by atoms with Crippen LogP contribution in [0.1, 0.15) is 21.5 Å². The molecule has 0 saturated carbocycles. The van der Waals surface area contributed by atoms with Crippen LogP contribution >= 0.6 is 0 Å². The molecule has 5 heteroatoms. The van der Waals surface area contributed by atoms with Crippen molar-refractivity contribution >= 4 is 33.6 Å². The van der Waals surface area contributed by atoms with E-state index in [2.05, 4.69) is 16.7 Å². The van der Waals surface area contributed by atoms with Crippen LogP contribution in [0.25, 0.3) is 16.4 Å². The van der Waals surface area contributed by atoms with Crippen LogP contribution in [0.4, 0.5) is 11.4 Å². The first kappa shape index (κ1) is 20.3. The van der Waals surface area contributed by atoms with Crippen molar-refractivity contribution in [1.29, 1.82) is 5.26 Å². The molecule has 0 atom stereocenters. The van der Waals surface area contributed by atoms with Gasteiger partial charge in [-0.25, -0.2) is 0 Å². The molecule has 5 aromatic rings. The van der Waals surface area contributed by atoms with Gasteiger partial charge in [-0.15, -0.1) is 0 Å². The SMILES string of the molecule is N#Cc1cc(C(=O)c2ccc(NCCNc3ccccc3)cc2)c2c(ccc3cccn32)c1. The molecule has 0 fully saturated rings. The fourth-order valence-electron chi connectivity index (χ4n) is 4.06. The summed E-state index contributed by atoms with van der Waals surface area (Å²) in [5.41, 5.74) is 5.44. The van der Waals surface area contributed by atoms with E-state index in [1.165, 1.54) is 0 Å². The number of rotatable bonds is 7. The standard InChI is InChI=1S/C28H22N4O/c29-19-20-17-22-10-13-25-7-4-16-32(25)27(22)26(18-20)28(33)21-8-11-24(12-9-21)31-15-14-30-23-5-2-1-3-6-23/h1-13,16-18,30-31H,14-15H2. The van der Waals surface area contributed by atoms with Crippen LogP contribution in [0.3, 0.4) is 0 Å². The lowest BCUT2D eigenvalue weighted by atomic mass is 9.97. The minimum Gasteiger partial charge on any atom is -0.383 e. The van der Waals surface area contributed by atoms with E-state index < -0.39 is 0 Å². The molecule has 0 aliphatic heterocycles. The number of hydrogen-bond donors (Lipinski definition) is 2. The second kappa shape index (κ2) is 8.89. The number of carbonyl (C=O) groups is 1. The molecule has 0 amide bonds. The van der Waals surface area contributed by atoms with E-state index in [0.29, 0.717) is 16.7 Å². The van der Waals surface area contributed by atoms with Gasteiger partial charge >= 0.3 is 0 Å². The lowest BCUT2D eigenvalue weighted by Crippen LogP contribution is -2.13. The Bertz CT molecular complexity index is 1480. The number of pyridine rings is 1. The first-order valence-electron chi connectivity index (χ1n) is 10.8. The fraction of sp³-hybridized carbons (Fsp3) is 0.0714. The molecule has 5 rings (SSSR count). The van der Waals surface area contributed by atoms with Crippen molar-refractivity contribution in [1.82, 2.24) is 4.40 Å². The number of anilines is 2. The summed E-state index contributed by atoms with van der Waals surface area (Å²) in [4.78, 5) is 13.5. The molecule has 3 aromatic carbocycles. The molecule has 0 bridgehead atoms. The highest BCUT2D eigenvalue weighted by molar-refractivity contribution is 6.16. The molecular formula is C28H22N4O. The number of fused-ring (bicyclic) bond motifs is 3. The van der Waals surface area contributed by atoms with E-state index >= 15 is 0 Å². The van der Waals surface area contributed by atoms with Gasteiger partial charge in [0.15, 0.2) is 5.78 Å². The number of hydrogen-bond acceptors (Lipinski definition) is 4. The van der Waals surface area contributed by atoms with Crippen molar-refractivity contribution in [3.05, 3.63) is 114 Å². The minimum absolute atomic E-state index is 0.101. The predicted molar refractivity (Wildman–Crippen MR) is 133 cm³/mol. The molecule has 0 aliphatic rings. The molecule has 160 valence electrons. The summed E-state index contributed by atoms with van der Waals surface area (Å²) in [5.74, 6) is -0.101. The van der Waals surface area contributed by atoms with E-state index in [-0.39, 0.29) is 5.78 Å². The van der Waals surface area contributed by atoms with Crippen LogP contribution in [0.15, 0.2) is 97.2 Å². The molecule has 0 unspecified atom stereocenters. The molecule has 5 nitrogen and oxygen atoms in total. The molecule has 2 N–H and O–H groups in total. The number of benzene rings is 3. The first-order valence-corrected chi connectivity index (χ1v) is 10.8. The zero-order chi connectivity index (χ0) is 22.6. The topological polar surface area (TPSA) is 69.3 Å². The number of aromatic nitrogens is 1. The van der Waals surface area contributed by atoms with Gasteiger partial charge in [0.05, 0.1) is 17.1 Å². The number of para-hydroxylation sites is 1.